The van der Waals surface area contributed by atoms with Crippen molar-refractivity contribution in [1.82, 2.24) is 10.2 Å². The molecule has 1 unspecified atom stereocenters. The van der Waals surface area contributed by atoms with Crippen molar-refractivity contribution < 1.29 is 0 Å². The Balaban J connectivity index is 1.99. The van der Waals surface area contributed by atoms with E-state index in [0.717, 1.165) is 12.0 Å². The molecule has 76 valence electrons. The van der Waals surface area contributed by atoms with Crippen LogP contribution in [0.1, 0.15) is 44.2 Å². The third kappa shape index (κ3) is 1.93. The Morgan fingerprint density at radius 2 is 2.29 bits per heavy atom. The predicted molar refractivity (Wildman–Crippen MR) is 55.5 cm³/mol. The van der Waals surface area contributed by atoms with E-state index in [1.165, 1.54) is 19.3 Å². The molecule has 14 heavy (non-hydrogen) atoms. The molecule has 1 fully saturated rings. The van der Waals surface area contributed by atoms with E-state index in [9.17, 15) is 0 Å². The maximum atomic E-state index is 6.12. The van der Waals surface area contributed by atoms with E-state index >= 15 is 0 Å². The first kappa shape index (κ1) is 9.59. The summed E-state index contributed by atoms with van der Waals surface area (Å²) in [4.78, 5) is 0. The van der Waals surface area contributed by atoms with Crippen LogP contribution in [0.2, 0.25) is 0 Å². The number of hydrogen-bond acceptors (Lipinski definition) is 3. The van der Waals surface area contributed by atoms with Crippen molar-refractivity contribution in [3.05, 3.63) is 24.0 Å². The lowest BCUT2D eigenvalue weighted by Gasteiger charge is -2.40. The number of rotatable bonds is 3. The van der Waals surface area contributed by atoms with E-state index in [1.807, 2.05) is 6.07 Å². The molecule has 2 rings (SSSR count). The lowest BCUT2D eigenvalue weighted by molar-refractivity contribution is 0.134. The molecule has 3 heteroatoms. The van der Waals surface area contributed by atoms with Gasteiger partial charge in [-0.25, -0.2) is 0 Å². The highest BCUT2D eigenvalue weighted by Gasteiger charge is 2.33. The van der Waals surface area contributed by atoms with Crippen LogP contribution >= 0.6 is 0 Å². The summed E-state index contributed by atoms with van der Waals surface area (Å²) < 4.78 is 0. The lowest BCUT2D eigenvalue weighted by atomic mass is 9.66. The van der Waals surface area contributed by atoms with Crippen LogP contribution in [0, 0.1) is 5.41 Å². The van der Waals surface area contributed by atoms with Gasteiger partial charge in [-0.15, -0.1) is 0 Å². The Hall–Kier alpha value is -0.960. The van der Waals surface area contributed by atoms with E-state index in [2.05, 4.69) is 17.1 Å². The number of hydrogen-bond donors (Lipinski definition) is 1. The summed E-state index contributed by atoms with van der Waals surface area (Å²) in [6, 6.07) is 2.08. The van der Waals surface area contributed by atoms with Crippen LogP contribution in [0.5, 0.6) is 0 Å². The zero-order chi connectivity index (χ0) is 10.0. The molecule has 0 aromatic carbocycles. The summed E-state index contributed by atoms with van der Waals surface area (Å²) in [6.07, 6.45) is 8.54. The highest BCUT2D eigenvalue weighted by atomic mass is 15.1. The van der Waals surface area contributed by atoms with Crippen LogP contribution in [0.15, 0.2) is 18.5 Å². The van der Waals surface area contributed by atoms with Gasteiger partial charge in [0.25, 0.3) is 0 Å². The molecule has 0 radical (unpaired) electrons. The van der Waals surface area contributed by atoms with Crippen LogP contribution in [0.25, 0.3) is 0 Å². The van der Waals surface area contributed by atoms with E-state index in [-0.39, 0.29) is 6.04 Å². The first-order valence-corrected chi connectivity index (χ1v) is 5.22. The molecule has 1 heterocycles. The minimum atomic E-state index is 0.121. The molecule has 0 bridgehead atoms. The second-order valence-corrected chi connectivity index (χ2v) is 4.65. The summed E-state index contributed by atoms with van der Waals surface area (Å²) in [5, 5.41) is 7.60. The number of nitrogens with zero attached hydrogens (tertiary/aromatic N) is 2. The zero-order valence-corrected chi connectivity index (χ0v) is 8.61. The Bertz CT molecular complexity index is 293. The van der Waals surface area contributed by atoms with Gasteiger partial charge in [0.2, 0.25) is 0 Å². The van der Waals surface area contributed by atoms with Crippen molar-refractivity contribution in [2.45, 2.75) is 38.6 Å². The van der Waals surface area contributed by atoms with Gasteiger partial charge in [-0.1, -0.05) is 13.3 Å². The molecule has 1 saturated carbocycles. The molecule has 1 aromatic rings. The van der Waals surface area contributed by atoms with Crippen LogP contribution in [-0.4, -0.2) is 10.2 Å². The molecule has 0 saturated heterocycles. The van der Waals surface area contributed by atoms with Gasteiger partial charge in [-0.05, 0) is 36.3 Å². The summed E-state index contributed by atoms with van der Waals surface area (Å²) in [5.41, 5.74) is 7.70. The van der Waals surface area contributed by atoms with Gasteiger partial charge in [0.15, 0.2) is 0 Å². The van der Waals surface area contributed by atoms with E-state index in [4.69, 9.17) is 5.73 Å². The minimum absolute atomic E-state index is 0.121. The molecule has 1 aliphatic carbocycles. The first-order valence-electron chi connectivity index (χ1n) is 5.22. The Kier molecular flexibility index (Phi) is 2.50. The summed E-state index contributed by atoms with van der Waals surface area (Å²) in [6.45, 7) is 2.32. The van der Waals surface area contributed by atoms with Gasteiger partial charge in [-0.2, -0.15) is 10.2 Å². The van der Waals surface area contributed by atoms with E-state index in [1.54, 1.807) is 12.4 Å². The van der Waals surface area contributed by atoms with Crippen molar-refractivity contribution in [2.24, 2.45) is 11.1 Å². The lowest BCUT2D eigenvalue weighted by Crippen LogP contribution is -2.30. The fourth-order valence-corrected chi connectivity index (χ4v) is 2.15. The monoisotopic (exact) mass is 191 g/mol. The van der Waals surface area contributed by atoms with Crippen molar-refractivity contribution >= 4 is 0 Å². The number of aromatic nitrogens is 2. The van der Waals surface area contributed by atoms with Crippen molar-refractivity contribution in [2.75, 3.05) is 0 Å². The molecule has 3 nitrogen and oxygen atoms in total. The molecule has 1 aliphatic rings. The number of nitrogens with two attached hydrogens (primary N) is 1. The topological polar surface area (TPSA) is 51.8 Å². The van der Waals surface area contributed by atoms with Crippen molar-refractivity contribution in [3.63, 3.8) is 0 Å². The van der Waals surface area contributed by atoms with Gasteiger partial charge >= 0.3 is 0 Å². The normalized spacial score (nSPS) is 21.3. The average molecular weight is 191 g/mol. The first-order chi connectivity index (χ1) is 6.70. The summed E-state index contributed by atoms with van der Waals surface area (Å²) in [5.74, 6) is 0. The maximum absolute atomic E-state index is 6.12. The fourth-order valence-electron chi connectivity index (χ4n) is 2.15. The fraction of sp³-hybridized carbons (Fsp3) is 0.636. The van der Waals surface area contributed by atoms with Gasteiger partial charge in [-0.3, -0.25) is 0 Å². The van der Waals surface area contributed by atoms with E-state index < -0.39 is 0 Å². The van der Waals surface area contributed by atoms with Crippen LogP contribution in [0.3, 0.4) is 0 Å². The molecule has 0 amide bonds. The molecule has 0 spiro atoms. The third-order valence-electron chi connectivity index (χ3n) is 3.31. The van der Waals surface area contributed by atoms with Crippen LogP contribution in [-0.2, 0) is 0 Å². The third-order valence-corrected chi connectivity index (χ3v) is 3.31. The molecule has 0 aliphatic heterocycles. The van der Waals surface area contributed by atoms with Gasteiger partial charge in [0, 0.05) is 12.2 Å². The van der Waals surface area contributed by atoms with Crippen LogP contribution < -0.4 is 5.73 Å². The molecular weight excluding hydrogens is 174 g/mol. The standard InChI is InChI=1S/C11H17N3/c1-11(4-2-5-11)7-10(12)9-3-6-13-14-8-9/h3,6,8,10H,2,4-5,7,12H2,1H3. The second-order valence-electron chi connectivity index (χ2n) is 4.65. The maximum Gasteiger partial charge on any atom is 0.0543 e. The minimum Gasteiger partial charge on any atom is -0.324 e. The van der Waals surface area contributed by atoms with Gasteiger partial charge < -0.3 is 5.73 Å². The SMILES string of the molecule is CC1(CC(N)c2ccnnc2)CCC1. The zero-order valence-electron chi connectivity index (χ0n) is 8.61. The molecule has 2 N–H and O–H groups in total. The Labute approximate surface area is 84.7 Å². The van der Waals surface area contributed by atoms with Gasteiger partial charge in [0.1, 0.15) is 0 Å². The highest BCUT2D eigenvalue weighted by Crippen LogP contribution is 2.45. The average Bonchev–Trinajstić information content (AvgIpc) is 2.17. The van der Waals surface area contributed by atoms with Crippen molar-refractivity contribution in [1.29, 1.82) is 0 Å². The smallest absolute Gasteiger partial charge is 0.0543 e. The highest BCUT2D eigenvalue weighted by molar-refractivity contribution is 5.11. The summed E-state index contributed by atoms with van der Waals surface area (Å²) >= 11 is 0. The van der Waals surface area contributed by atoms with E-state index in [0.29, 0.717) is 5.41 Å². The quantitative estimate of drug-likeness (QED) is 0.795. The largest absolute Gasteiger partial charge is 0.324 e. The summed E-state index contributed by atoms with van der Waals surface area (Å²) in [7, 11) is 0. The Morgan fingerprint density at radius 3 is 2.79 bits per heavy atom. The van der Waals surface area contributed by atoms with Crippen LogP contribution in [0.4, 0.5) is 0 Å². The molecule has 1 aromatic heterocycles. The molecule has 1 atom stereocenters. The second kappa shape index (κ2) is 3.65. The molecular formula is C11H17N3. The Morgan fingerprint density at radius 1 is 1.50 bits per heavy atom. The van der Waals surface area contributed by atoms with Gasteiger partial charge in [0.05, 0.1) is 6.20 Å². The van der Waals surface area contributed by atoms with Crippen molar-refractivity contribution in [3.8, 4) is 0 Å². The predicted octanol–water partition coefficient (Wildman–Crippen LogP) is 2.06.